The van der Waals surface area contributed by atoms with Crippen LogP contribution in [0.25, 0.3) is 0 Å². The summed E-state index contributed by atoms with van der Waals surface area (Å²) in [6.07, 6.45) is 9.44. The lowest BCUT2D eigenvalue weighted by Crippen LogP contribution is -2.41. The van der Waals surface area contributed by atoms with E-state index in [4.69, 9.17) is 0 Å². The number of allylic oxidation sites excluding steroid dienone is 1. The maximum Gasteiger partial charge on any atom is 0.0306 e. The van der Waals surface area contributed by atoms with Crippen LogP contribution in [0.3, 0.4) is 0 Å². The number of likely N-dealkylation sites (N-methyl/N-ethyl adjacent to an activating group) is 1. The molecule has 1 nitrogen and oxygen atoms in total. The topological polar surface area (TPSA) is 12.0 Å². The molecule has 1 unspecified atom stereocenters. The summed E-state index contributed by atoms with van der Waals surface area (Å²) in [6.45, 7) is 9.13. The molecule has 1 N–H and O–H groups in total. The van der Waals surface area contributed by atoms with Crippen LogP contribution < -0.4 is 5.32 Å². The van der Waals surface area contributed by atoms with Crippen molar-refractivity contribution in [1.82, 2.24) is 5.32 Å². The zero-order valence-electron chi connectivity index (χ0n) is 11.8. The molecule has 1 fully saturated rings. The fraction of sp³-hybridized carbons (Fsp3) is 0.867. The number of hydrogen-bond donors (Lipinski definition) is 1. The van der Waals surface area contributed by atoms with Crippen LogP contribution in [0, 0.1) is 11.3 Å². The molecular weight excluding hydrogens is 194 g/mol. The molecule has 1 heteroatoms. The van der Waals surface area contributed by atoms with Crippen LogP contribution in [0.15, 0.2) is 11.6 Å². The third-order valence-corrected chi connectivity index (χ3v) is 3.88. The van der Waals surface area contributed by atoms with E-state index in [0.29, 0.717) is 11.5 Å². The van der Waals surface area contributed by atoms with Gasteiger partial charge in [0.2, 0.25) is 0 Å². The monoisotopic (exact) mass is 223 g/mol. The highest BCUT2D eigenvalue weighted by Gasteiger charge is 2.39. The molecule has 0 amide bonds. The van der Waals surface area contributed by atoms with Crippen LogP contribution in [0.5, 0.6) is 0 Å². The molecular formula is C15H29N. The van der Waals surface area contributed by atoms with Gasteiger partial charge in [-0.2, -0.15) is 0 Å². The van der Waals surface area contributed by atoms with Crippen LogP contribution in [0.4, 0.5) is 0 Å². The maximum atomic E-state index is 3.55. The van der Waals surface area contributed by atoms with Gasteiger partial charge in [0.25, 0.3) is 0 Å². The van der Waals surface area contributed by atoms with Crippen molar-refractivity contribution in [3.05, 3.63) is 11.6 Å². The lowest BCUT2D eigenvalue weighted by atomic mass is 9.72. The molecule has 1 aliphatic rings. The summed E-state index contributed by atoms with van der Waals surface area (Å²) in [7, 11) is 2.12. The average molecular weight is 223 g/mol. The van der Waals surface area contributed by atoms with E-state index in [1.165, 1.54) is 37.7 Å². The second kappa shape index (κ2) is 5.86. The molecule has 0 aromatic rings. The zero-order valence-corrected chi connectivity index (χ0v) is 11.8. The SMILES string of the molecule is CNC(C=C(C)C)C1(CC(C)C)CCCC1. The smallest absolute Gasteiger partial charge is 0.0306 e. The molecule has 0 heterocycles. The first-order chi connectivity index (χ1) is 7.50. The summed E-state index contributed by atoms with van der Waals surface area (Å²) in [6, 6.07) is 0.572. The highest BCUT2D eigenvalue weighted by atomic mass is 14.9. The van der Waals surface area contributed by atoms with E-state index in [1.54, 1.807) is 0 Å². The molecule has 16 heavy (non-hydrogen) atoms. The molecule has 1 rings (SSSR count). The molecule has 94 valence electrons. The van der Waals surface area contributed by atoms with Gasteiger partial charge in [-0.3, -0.25) is 0 Å². The van der Waals surface area contributed by atoms with Gasteiger partial charge in [-0.15, -0.1) is 0 Å². The van der Waals surface area contributed by atoms with Gasteiger partial charge >= 0.3 is 0 Å². The minimum atomic E-state index is 0.528. The van der Waals surface area contributed by atoms with Crippen molar-refractivity contribution in [1.29, 1.82) is 0 Å². The van der Waals surface area contributed by atoms with E-state index in [1.807, 2.05) is 0 Å². The molecule has 1 saturated carbocycles. The number of nitrogens with one attached hydrogen (secondary N) is 1. The largest absolute Gasteiger partial charge is 0.313 e. The first-order valence-electron chi connectivity index (χ1n) is 6.82. The summed E-state index contributed by atoms with van der Waals surface area (Å²) >= 11 is 0. The number of rotatable bonds is 5. The van der Waals surface area contributed by atoms with E-state index in [-0.39, 0.29) is 0 Å². The van der Waals surface area contributed by atoms with Crippen molar-refractivity contribution in [2.45, 2.75) is 65.8 Å². The molecule has 0 aromatic carbocycles. The summed E-state index contributed by atoms with van der Waals surface area (Å²) in [5, 5.41) is 3.55. The normalized spacial score (nSPS) is 21.1. The Labute approximate surface area is 102 Å². The molecule has 0 aliphatic heterocycles. The fourth-order valence-corrected chi connectivity index (χ4v) is 3.43. The quantitative estimate of drug-likeness (QED) is 0.691. The Balaban J connectivity index is 2.85. The van der Waals surface area contributed by atoms with Crippen LogP contribution in [0.1, 0.15) is 59.8 Å². The predicted octanol–water partition coefficient (Wildman–Crippen LogP) is 4.15. The van der Waals surface area contributed by atoms with Gasteiger partial charge in [0.05, 0.1) is 0 Å². The van der Waals surface area contributed by atoms with E-state index in [0.717, 1.165) is 5.92 Å². The summed E-state index contributed by atoms with van der Waals surface area (Å²) in [5.74, 6) is 0.805. The van der Waals surface area contributed by atoms with Crippen molar-refractivity contribution in [3.63, 3.8) is 0 Å². The summed E-state index contributed by atoms with van der Waals surface area (Å²) in [5.41, 5.74) is 1.97. The second-order valence-corrected chi connectivity index (χ2v) is 6.18. The minimum Gasteiger partial charge on any atom is -0.313 e. The molecule has 0 saturated heterocycles. The standard InChI is InChI=1S/C15H29N/c1-12(2)10-14(16-5)15(11-13(3)4)8-6-7-9-15/h10,13-14,16H,6-9,11H2,1-5H3. The van der Waals surface area contributed by atoms with Crippen molar-refractivity contribution < 1.29 is 0 Å². The van der Waals surface area contributed by atoms with Gasteiger partial charge in [0.1, 0.15) is 0 Å². The molecule has 0 spiro atoms. The summed E-state index contributed by atoms with van der Waals surface area (Å²) in [4.78, 5) is 0. The van der Waals surface area contributed by atoms with Crippen molar-refractivity contribution in [2.75, 3.05) is 7.05 Å². The Morgan fingerprint density at radius 2 is 1.81 bits per heavy atom. The average Bonchev–Trinajstić information content (AvgIpc) is 2.62. The first kappa shape index (κ1) is 13.8. The van der Waals surface area contributed by atoms with E-state index >= 15 is 0 Å². The third-order valence-electron chi connectivity index (χ3n) is 3.88. The van der Waals surface area contributed by atoms with Gasteiger partial charge in [-0.05, 0) is 51.5 Å². The minimum absolute atomic E-state index is 0.528. The Bertz CT molecular complexity index is 230. The van der Waals surface area contributed by atoms with Crippen molar-refractivity contribution in [2.24, 2.45) is 11.3 Å². The summed E-state index contributed by atoms with van der Waals surface area (Å²) < 4.78 is 0. The van der Waals surface area contributed by atoms with Gasteiger partial charge in [-0.1, -0.05) is 38.3 Å². The Morgan fingerprint density at radius 1 is 1.25 bits per heavy atom. The Hall–Kier alpha value is -0.300. The van der Waals surface area contributed by atoms with Crippen molar-refractivity contribution >= 4 is 0 Å². The lowest BCUT2D eigenvalue weighted by Gasteiger charge is -2.38. The van der Waals surface area contributed by atoms with Crippen molar-refractivity contribution in [3.8, 4) is 0 Å². The lowest BCUT2D eigenvalue weighted by molar-refractivity contribution is 0.188. The fourth-order valence-electron chi connectivity index (χ4n) is 3.43. The highest BCUT2D eigenvalue weighted by Crippen LogP contribution is 2.46. The second-order valence-electron chi connectivity index (χ2n) is 6.18. The molecule has 0 radical (unpaired) electrons. The van der Waals surface area contributed by atoms with Gasteiger partial charge < -0.3 is 5.32 Å². The molecule has 1 atom stereocenters. The van der Waals surface area contributed by atoms with Gasteiger partial charge in [0, 0.05) is 6.04 Å². The van der Waals surface area contributed by atoms with Crippen LogP contribution in [-0.4, -0.2) is 13.1 Å². The molecule has 0 bridgehead atoms. The van der Waals surface area contributed by atoms with Gasteiger partial charge in [-0.25, -0.2) is 0 Å². The predicted molar refractivity (Wildman–Crippen MR) is 72.6 cm³/mol. The van der Waals surface area contributed by atoms with Crippen LogP contribution in [0.2, 0.25) is 0 Å². The van der Waals surface area contributed by atoms with E-state index in [9.17, 15) is 0 Å². The van der Waals surface area contributed by atoms with Crippen LogP contribution in [-0.2, 0) is 0 Å². The maximum absolute atomic E-state index is 3.55. The first-order valence-corrected chi connectivity index (χ1v) is 6.82. The third kappa shape index (κ3) is 3.35. The van der Waals surface area contributed by atoms with E-state index < -0.39 is 0 Å². The zero-order chi connectivity index (χ0) is 12.2. The Kier molecular flexibility index (Phi) is 5.04. The van der Waals surface area contributed by atoms with Gasteiger partial charge in [0.15, 0.2) is 0 Å². The van der Waals surface area contributed by atoms with Crippen LogP contribution >= 0.6 is 0 Å². The van der Waals surface area contributed by atoms with E-state index in [2.05, 4.69) is 46.1 Å². The molecule has 1 aliphatic carbocycles. The Morgan fingerprint density at radius 3 is 2.19 bits per heavy atom. The molecule has 0 aromatic heterocycles. The highest BCUT2D eigenvalue weighted by molar-refractivity contribution is 5.09. The number of hydrogen-bond acceptors (Lipinski definition) is 1.